The van der Waals surface area contributed by atoms with Gasteiger partial charge in [0.1, 0.15) is 31.1 Å². The summed E-state index contributed by atoms with van der Waals surface area (Å²) in [5.74, 6) is -0.602. The average Bonchev–Trinajstić information content (AvgIpc) is 3.17. The molecule has 18 heteroatoms. The largest absolute Gasteiger partial charge is 0.508 e. The van der Waals surface area contributed by atoms with E-state index in [0.29, 0.717) is 0 Å². The van der Waals surface area contributed by atoms with E-state index in [4.69, 9.17) is 0 Å². The fraction of sp³-hybridized carbons (Fsp3) is 0.0400. The Balaban J connectivity index is 2.32. The van der Waals surface area contributed by atoms with Crippen LogP contribution in [0.2, 0.25) is 0 Å². The van der Waals surface area contributed by atoms with Crippen molar-refractivity contribution in [1.82, 2.24) is 0 Å². The van der Waals surface area contributed by atoms with Gasteiger partial charge in [-0.05, 0) is 46.5 Å². The van der Waals surface area contributed by atoms with E-state index in [1.54, 1.807) is 0 Å². The molecular formula is C25H18O14S4. The SMILES string of the molecule is O=S(=O)(O)c1c2c(c(S(=O)(=O)O)c(S(=O)(=O)O)c1S(=O)(=O)O)C(c1ccc(O)cc1)(c1ccc(O)cc1)c1ccccc1-2. The lowest BCUT2D eigenvalue weighted by Crippen LogP contribution is -2.32. The molecule has 0 heterocycles. The first kappa shape index (κ1) is 30.6. The third-order valence-electron chi connectivity index (χ3n) is 6.93. The van der Waals surface area contributed by atoms with Gasteiger partial charge in [0.25, 0.3) is 40.5 Å². The van der Waals surface area contributed by atoms with Crippen molar-refractivity contribution < 1.29 is 62.1 Å². The average molecular weight is 671 g/mol. The number of fused-ring (bicyclic) bond motifs is 3. The fourth-order valence-electron chi connectivity index (χ4n) is 5.59. The van der Waals surface area contributed by atoms with Gasteiger partial charge in [-0.15, -0.1) is 0 Å². The molecule has 5 rings (SSSR count). The molecule has 0 fully saturated rings. The van der Waals surface area contributed by atoms with Crippen molar-refractivity contribution in [3.63, 3.8) is 0 Å². The number of phenols is 2. The van der Waals surface area contributed by atoms with Gasteiger partial charge < -0.3 is 10.2 Å². The summed E-state index contributed by atoms with van der Waals surface area (Å²) >= 11 is 0. The Kier molecular flexibility index (Phi) is 6.80. The van der Waals surface area contributed by atoms with Gasteiger partial charge in [-0.1, -0.05) is 48.5 Å². The standard InChI is InChI=1S/C25H18O14S4/c26-15-9-5-13(6-10-15)25(14-7-11-16(27)12-8-14)18-4-2-1-3-17(18)19-20(25)22(41(31,32)33)24(43(37,38)39)23(42(34,35)36)21(19)40(28,29)30/h1-12,26-27H,(H,28,29,30)(H,31,32,33)(H,34,35,36)(H,37,38,39). The van der Waals surface area contributed by atoms with Crippen LogP contribution in [0.15, 0.2) is 92.4 Å². The van der Waals surface area contributed by atoms with Gasteiger partial charge in [0.05, 0.1) is 5.41 Å². The third kappa shape index (κ3) is 4.68. The molecule has 43 heavy (non-hydrogen) atoms. The van der Waals surface area contributed by atoms with Gasteiger partial charge in [-0.2, -0.15) is 33.7 Å². The van der Waals surface area contributed by atoms with Gasteiger partial charge in [0.2, 0.25) is 0 Å². The highest BCUT2D eigenvalue weighted by Gasteiger charge is 2.55. The summed E-state index contributed by atoms with van der Waals surface area (Å²) in [7, 11) is -24.2. The minimum atomic E-state index is -6.18. The highest BCUT2D eigenvalue weighted by Crippen LogP contribution is 2.61. The first-order valence-electron chi connectivity index (χ1n) is 11.5. The summed E-state index contributed by atoms with van der Waals surface area (Å²) in [5.41, 5.74) is -4.57. The third-order valence-corrected chi connectivity index (χ3v) is 11.0. The van der Waals surface area contributed by atoms with E-state index >= 15 is 0 Å². The fourth-order valence-corrected chi connectivity index (χ4v) is 10.6. The summed E-state index contributed by atoms with van der Waals surface area (Å²) in [4.78, 5) is -8.12. The molecule has 0 aromatic heterocycles. The molecule has 0 saturated heterocycles. The lowest BCUT2D eigenvalue weighted by Gasteiger charge is -2.35. The number of hydrogen-bond acceptors (Lipinski definition) is 10. The lowest BCUT2D eigenvalue weighted by molar-refractivity contribution is 0.445. The number of aromatic hydroxyl groups is 2. The minimum Gasteiger partial charge on any atom is -0.508 e. The first-order chi connectivity index (χ1) is 19.7. The maximum atomic E-state index is 13.1. The summed E-state index contributed by atoms with van der Waals surface area (Å²) < 4.78 is 144. The second-order valence-corrected chi connectivity index (χ2v) is 14.8. The maximum absolute atomic E-state index is 13.1. The van der Waals surface area contributed by atoms with Gasteiger partial charge in [-0.25, -0.2) is 0 Å². The van der Waals surface area contributed by atoms with Gasteiger partial charge in [-0.3, -0.25) is 18.2 Å². The Morgan fingerprint density at radius 2 is 0.837 bits per heavy atom. The molecule has 0 saturated carbocycles. The van der Waals surface area contributed by atoms with Crippen LogP contribution < -0.4 is 0 Å². The van der Waals surface area contributed by atoms with Crippen LogP contribution in [0.1, 0.15) is 22.3 Å². The van der Waals surface area contributed by atoms with Crippen LogP contribution in [0.4, 0.5) is 0 Å². The summed E-state index contributed by atoms with van der Waals surface area (Å²) in [6.45, 7) is 0. The van der Waals surface area contributed by atoms with Crippen LogP contribution in [0.5, 0.6) is 11.5 Å². The summed E-state index contributed by atoms with van der Waals surface area (Å²) in [5, 5.41) is 20.0. The molecule has 1 aliphatic carbocycles. The van der Waals surface area contributed by atoms with Crippen molar-refractivity contribution in [3.05, 3.63) is 95.1 Å². The van der Waals surface area contributed by atoms with E-state index in [2.05, 4.69) is 0 Å². The number of hydrogen-bond donors (Lipinski definition) is 6. The van der Waals surface area contributed by atoms with E-state index in [1.165, 1.54) is 48.5 Å². The molecule has 0 aliphatic heterocycles. The van der Waals surface area contributed by atoms with Crippen molar-refractivity contribution >= 4 is 40.5 Å². The molecule has 0 spiro atoms. The summed E-state index contributed by atoms with van der Waals surface area (Å²) in [6, 6.07) is 14.6. The normalized spacial score (nSPS) is 14.7. The lowest BCUT2D eigenvalue weighted by atomic mass is 9.67. The molecule has 4 aromatic rings. The molecule has 14 nitrogen and oxygen atoms in total. The van der Waals surface area contributed by atoms with Crippen molar-refractivity contribution in [2.24, 2.45) is 0 Å². The molecule has 0 radical (unpaired) electrons. The molecule has 1 aliphatic rings. The molecule has 0 amide bonds. The molecule has 0 atom stereocenters. The zero-order valence-electron chi connectivity index (χ0n) is 21.0. The molecule has 226 valence electrons. The van der Waals surface area contributed by atoms with Crippen LogP contribution in [-0.4, -0.2) is 62.1 Å². The zero-order chi connectivity index (χ0) is 31.9. The predicted octanol–water partition coefficient (Wildman–Crippen LogP) is 2.45. The number of benzene rings is 4. The molecular weight excluding hydrogens is 653 g/mol. The molecule has 0 bridgehead atoms. The highest BCUT2D eigenvalue weighted by molar-refractivity contribution is 7.91. The van der Waals surface area contributed by atoms with Crippen LogP contribution in [0, 0.1) is 0 Å². The highest BCUT2D eigenvalue weighted by atomic mass is 32.2. The molecule has 4 aromatic carbocycles. The quantitative estimate of drug-likeness (QED) is 0.142. The van der Waals surface area contributed by atoms with Gasteiger partial charge in [0.15, 0.2) is 0 Å². The summed E-state index contributed by atoms with van der Waals surface area (Å²) in [6.07, 6.45) is 0. The molecule has 6 N–H and O–H groups in total. The Labute approximate surface area is 244 Å². The van der Waals surface area contributed by atoms with E-state index < -0.39 is 76.6 Å². The predicted molar refractivity (Wildman–Crippen MR) is 146 cm³/mol. The monoisotopic (exact) mass is 670 g/mol. The van der Waals surface area contributed by atoms with Crippen molar-refractivity contribution in [3.8, 4) is 22.6 Å². The van der Waals surface area contributed by atoms with E-state index in [1.807, 2.05) is 0 Å². The van der Waals surface area contributed by atoms with Crippen LogP contribution >= 0.6 is 0 Å². The Morgan fingerprint density at radius 3 is 1.23 bits per heavy atom. The van der Waals surface area contributed by atoms with Gasteiger partial charge >= 0.3 is 0 Å². The number of rotatable bonds is 6. The topological polar surface area (TPSA) is 258 Å². The second-order valence-electron chi connectivity index (χ2n) is 9.36. The number of phenolic OH excluding ortho intramolecular Hbond substituents is 2. The van der Waals surface area contributed by atoms with Gasteiger partial charge in [0, 0.05) is 11.1 Å². The van der Waals surface area contributed by atoms with Crippen LogP contribution in [-0.2, 0) is 45.9 Å². The minimum absolute atomic E-state index is 0.0331. The first-order valence-corrected chi connectivity index (χ1v) is 17.3. The van der Waals surface area contributed by atoms with E-state index in [-0.39, 0.29) is 33.8 Å². The van der Waals surface area contributed by atoms with E-state index in [9.17, 15) is 62.1 Å². The maximum Gasteiger partial charge on any atom is 0.297 e. The van der Waals surface area contributed by atoms with E-state index in [0.717, 1.165) is 24.3 Å². The van der Waals surface area contributed by atoms with Crippen molar-refractivity contribution in [2.75, 3.05) is 0 Å². The Hall–Kier alpha value is -3.88. The second kappa shape index (κ2) is 9.56. The Bertz CT molecular complexity index is 2230. The zero-order valence-corrected chi connectivity index (χ0v) is 24.3. The van der Waals surface area contributed by atoms with Crippen LogP contribution in [0.25, 0.3) is 11.1 Å². The van der Waals surface area contributed by atoms with Crippen molar-refractivity contribution in [2.45, 2.75) is 25.0 Å². The molecule has 0 unspecified atom stereocenters. The van der Waals surface area contributed by atoms with Crippen LogP contribution in [0.3, 0.4) is 0 Å². The Morgan fingerprint density at radius 1 is 0.465 bits per heavy atom. The smallest absolute Gasteiger partial charge is 0.297 e. The van der Waals surface area contributed by atoms with Crippen molar-refractivity contribution in [1.29, 1.82) is 0 Å².